The van der Waals surface area contributed by atoms with Crippen molar-refractivity contribution in [2.24, 2.45) is 5.73 Å². The molecule has 0 amide bonds. The Balaban J connectivity index is 2.32. The summed E-state index contributed by atoms with van der Waals surface area (Å²) in [6, 6.07) is 5.55. The first-order valence-electron chi connectivity index (χ1n) is 4.79. The Morgan fingerprint density at radius 2 is 2.13 bits per heavy atom. The molecule has 0 saturated heterocycles. The van der Waals surface area contributed by atoms with Crippen LogP contribution in [0.2, 0.25) is 0 Å². The molecule has 1 atom stereocenters. The van der Waals surface area contributed by atoms with E-state index in [0.29, 0.717) is 0 Å². The molecule has 0 fully saturated rings. The third kappa shape index (κ3) is 2.06. The molecule has 0 saturated carbocycles. The van der Waals surface area contributed by atoms with Crippen molar-refractivity contribution in [1.82, 2.24) is 9.97 Å². The van der Waals surface area contributed by atoms with E-state index in [1.807, 2.05) is 25.1 Å². The van der Waals surface area contributed by atoms with Crippen LogP contribution >= 0.6 is 11.3 Å². The van der Waals surface area contributed by atoms with Gasteiger partial charge in [0.25, 0.3) is 0 Å². The van der Waals surface area contributed by atoms with Crippen molar-refractivity contribution in [2.45, 2.75) is 19.9 Å². The monoisotopic (exact) mass is 219 g/mol. The Labute approximate surface area is 93.0 Å². The molecule has 1 unspecified atom stereocenters. The van der Waals surface area contributed by atoms with Crippen LogP contribution in [0.3, 0.4) is 0 Å². The lowest BCUT2D eigenvalue weighted by Gasteiger charge is -2.06. The second-order valence-electron chi connectivity index (χ2n) is 3.43. The van der Waals surface area contributed by atoms with Gasteiger partial charge in [0.1, 0.15) is 5.01 Å². The summed E-state index contributed by atoms with van der Waals surface area (Å²) in [4.78, 5) is 9.89. The minimum absolute atomic E-state index is 0.205. The molecule has 0 spiro atoms. The van der Waals surface area contributed by atoms with E-state index in [1.54, 1.807) is 17.5 Å². The van der Waals surface area contributed by atoms with E-state index in [0.717, 1.165) is 16.4 Å². The molecular weight excluding hydrogens is 206 g/mol. The second-order valence-corrected chi connectivity index (χ2v) is 4.66. The average molecular weight is 219 g/mol. The van der Waals surface area contributed by atoms with Crippen molar-refractivity contribution in [3.05, 3.63) is 45.7 Å². The van der Waals surface area contributed by atoms with Gasteiger partial charge < -0.3 is 5.73 Å². The lowest BCUT2D eigenvalue weighted by Crippen LogP contribution is -2.12. The number of aryl methyl sites for hydroxylation is 2. The minimum atomic E-state index is -0.205. The molecule has 0 aliphatic heterocycles. The lowest BCUT2D eigenvalue weighted by molar-refractivity contribution is 0.814. The molecule has 0 aliphatic rings. The van der Waals surface area contributed by atoms with E-state index in [9.17, 15) is 0 Å². The molecule has 0 radical (unpaired) electrons. The van der Waals surface area contributed by atoms with Crippen LogP contribution in [0.25, 0.3) is 0 Å². The molecule has 2 aromatic heterocycles. The summed E-state index contributed by atoms with van der Waals surface area (Å²) in [5.41, 5.74) is 8.01. The minimum Gasteiger partial charge on any atom is -0.317 e. The first kappa shape index (κ1) is 10.3. The average Bonchev–Trinajstić information content (AvgIpc) is 2.59. The molecule has 0 bridgehead atoms. The molecule has 4 heteroatoms. The summed E-state index contributed by atoms with van der Waals surface area (Å²) in [6.45, 7) is 4.06. The van der Waals surface area contributed by atoms with Crippen LogP contribution in [0.4, 0.5) is 0 Å². The van der Waals surface area contributed by atoms with Crippen LogP contribution in [-0.4, -0.2) is 9.97 Å². The Morgan fingerprint density at radius 1 is 1.33 bits per heavy atom. The molecule has 3 nitrogen and oxygen atoms in total. The number of aromatic nitrogens is 2. The maximum Gasteiger partial charge on any atom is 0.116 e. The number of rotatable bonds is 2. The van der Waals surface area contributed by atoms with Gasteiger partial charge >= 0.3 is 0 Å². The fourth-order valence-electron chi connectivity index (χ4n) is 1.32. The summed E-state index contributed by atoms with van der Waals surface area (Å²) < 4.78 is 0. The fourth-order valence-corrected chi connectivity index (χ4v) is 2.25. The van der Waals surface area contributed by atoms with E-state index in [4.69, 9.17) is 5.73 Å². The van der Waals surface area contributed by atoms with Crippen LogP contribution in [0.15, 0.2) is 24.4 Å². The highest BCUT2D eigenvalue weighted by Crippen LogP contribution is 2.24. The summed E-state index contributed by atoms with van der Waals surface area (Å²) in [5.74, 6) is 0. The predicted molar refractivity (Wildman–Crippen MR) is 61.9 cm³/mol. The van der Waals surface area contributed by atoms with E-state index in [1.165, 1.54) is 4.88 Å². The van der Waals surface area contributed by atoms with Crippen molar-refractivity contribution in [3.8, 4) is 0 Å². The van der Waals surface area contributed by atoms with Gasteiger partial charge in [-0.1, -0.05) is 6.07 Å². The summed E-state index contributed by atoms with van der Waals surface area (Å²) >= 11 is 1.64. The van der Waals surface area contributed by atoms with Crippen LogP contribution in [0, 0.1) is 13.8 Å². The van der Waals surface area contributed by atoms with Gasteiger partial charge in [0.15, 0.2) is 0 Å². The highest BCUT2D eigenvalue weighted by molar-refractivity contribution is 7.11. The van der Waals surface area contributed by atoms with Crippen molar-refractivity contribution < 1.29 is 0 Å². The van der Waals surface area contributed by atoms with Gasteiger partial charge in [0, 0.05) is 11.1 Å². The Hall–Kier alpha value is -1.26. The number of hydrogen-bond acceptors (Lipinski definition) is 4. The van der Waals surface area contributed by atoms with Crippen LogP contribution in [-0.2, 0) is 0 Å². The van der Waals surface area contributed by atoms with Crippen LogP contribution in [0.5, 0.6) is 0 Å². The van der Waals surface area contributed by atoms with E-state index >= 15 is 0 Å². The number of pyridine rings is 1. The van der Waals surface area contributed by atoms with Crippen LogP contribution in [0.1, 0.15) is 27.3 Å². The Morgan fingerprint density at radius 3 is 2.67 bits per heavy atom. The molecule has 2 rings (SSSR count). The third-order valence-electron chi connectivity index (χ3n) is 2.32. The second kappa shape index (κ2) is 4.08. The fraction of sp³-hybridized carbons (Fsp3) is 0.273. The topological polar surface area (TPSA) is 51.8 Å². The molecule has 0 aromatic carbocycles. The van der Waals surface area contributed by atoms with Crippen LogP contribution < -0.4 is 5.73 Å². The maximum atomic E-state index is 6.08. The Bertz CT molecular complexity index is 431. The predicted octanol–water partition coefficient (Wildman–Crippen LogP) is 2.20. The summed E-state index contributed by atoms with van der Waals surface area (Å²) in [6.07, 6.45) is 1.75. The van der Waals surface area contributed by atoms with E-state index in [2.05, 4.69) is 16.9 Å². The maximum absolute atomic E-state index is 6.08. The molecule has 78 valence electrons. The first-order chi connectivity index (χ1) is 7.18. The molecular formula is C11H13N3S. The van der Waals surface area contributed by atoms with Gasteiger partial charge in [-0.15, -0.1) is 11.3 Å². The van der Waals surface area contributed by atoms with Crippen molar-refractivity contribution in [1.29, 1.82) is 0 Å². The normalized spacial score (nSPS) is 12.7. The SMILES string of the molecule is Cc1nc(C(N)c2ccccn2)sc1C. The number of nitrogens with zero attached hydrogens (tertiary/aromatic N) is 2. The highest BCUT2D eigenvalue weighted by Gasteiger charge is 2.14. The molecule has 15 heavy (non-hydrogen) atoms. The van der Waals surface area contributed by atoms with E-state index < -0.39 is 0 Å². The van der Waals surface area contributed by atoms with Gasteiger partial charge in [0.05, 0.1) is 17.4 Å². The van der Waals surface area contributed by atoms with Gasteiger partial charge in [-0.05, 0) is 26.0 Å². The van der Waals surface area contributed by atoms with Gasteiger partial charge in [0.2, 0.25) is 0 Å². The summed E-state index contributed by atoms with van der Waals surface area (Å²) in [7, 11) is 0. The largest absolute Gasteiger partial charge is 0.317 e. The number of thiazole rings is 1. The lowest BCUT2D eigenvalue weighted by atomic mass is 10.2. The van der Waals surface area contributed by atoms with Gasteiger partial charge in [-0.2, -0.15) is 0 Å². The molecule has 2 N–H and O–H groups in total. The Kier molecular flexibility index (Phi) is 2.79. The zero-order valence-electron chi connectivity index (χ0n) is 8.77. The van der Waals surface area contributed by atoms with Crippen molar-refractivity contribution in [2.75, 3.05) is 0 Å². The summed E-state index contributed by atoms with van der Waals surface area (Å²) in [5, 5.41) is 0.934. The zero-order chi connectivity index (χ0) is 10.8. The van der Waals surface area contributed by atoms with Gasteiger partial charge in [-0.25, -0.2) is 4.98 Å². The molecule has 2 heterocycles. The number of nitrogens with two attached hydrogens (primary N) is 1. The standard InChI is InChI=1S/C11H13N3S/c1-7-8(2)15-11(14-7)10(12)9-5-3-4-6-13-9/h3-6,10H,12H2,1-2H3. The zero-order valence-corrected chi connectivity index (χ0v) is 9.58. The number of hydrogen-bond donors (Lipinski definition) is 1. The third-order valence-corrected chi connectivity index (χ3v) is 3.47. The van der Waals surface area contributed by atoms with Crippen molar-refractivity contribution >= 4 is 11.3 Å². The molecule has 2 aromatic rings. The molecule has 0 aliphatic carbocycles. The van der Waals surface area contributed by atoms with E-state index in [-0.39, 0.29) is 6.04 Å². The smallest absolute Gasteiger partial charge is 0.116 e. The van der Waals surface area contributed by atoms with Gasteiger partial charge in [-0.3, -0.25) is 4.98 Å². The highest BCUT2D eigenvalue weighted by atomic mass is 32.1. The quantitative estimate of drug-likeness (QED) is 0.842. The van der Waals surface area contributed by atoms with Crippen molar-refractivity contribution in [3.63, 3.8) is 0 Å². The first-order valence-corrected chi connectivity index (χ1v) is 5.60.